The first-order valence-electron chi connectivity index (χ1n) is 6.70. The molecule has 2 atom stereocenters. The Morgan fingerprint density at radius 3 is 2.53 bits per heavy atom. The van der Waals surface area contributed by atoms with E-state index in [-0.39, 0.29) is 5.54 Å². The van der Waals surface area contributed by atoms with E-state index < -0.39 is 0 Å². The summed E-state index contributed by atoms with van der Waals surface area (Å²) in [6.45, 7) is 4.61. The fraction of sp³-hybridized carbons (Fsp3) is 1.00. The van der Waals surface area contributed by atoms with Crippen molar-refractivity contribution in [2.75, 3.05) is 47.1 Å². The molecular formula is C13H26N2O2. The van der Waals surface area contributed by atoms with E-state index in [9.17, 15) is 0 Å². The van der Waals surface area contributed by atoms with Gasteiger partial charge in [0, 0.05) is 27.3 Å². The maximum Gasteiger partial charge on any atom is 0.0661 e. The smallest absolute Gasteiger partial charge is 0.0661 e. The third-order valence-electron chi connectivity index (χ3n) is 4.40. The van der Waals surface area contributed by atoms with Crippen LogP contribution in [0.15, 0.2) is 0 Å². The van der Waals surface area contributed by atoms with Crippen molar-refractivity contribution in [1.82, 2.24) is 4.90 Å². The first-order chi connectivity index (χ1) is 8.26. The van der Waals surface area contributed by atoms with Crippen LogP contribution in [-0.2, 0) is 9.47 Å². The zero-order chi connectivity index (χ0) is 12.3. The van der Waals surface area contributed by atoms with Gasteiger partial charge >= 0.3 is 0 Å². The highest BCUT2D eigenvalue weighted by Crippen LogP contribution is 2.44. The van der Waals surface area contributed by atoms with Crippen molar-refractivity contribution in [2.24, 2.45) is 17.6 Å². The van der Waals surface area contributed by atoms with Crippen molar-refractivity contribution in [1.29, 1.82) is 0 Å². The molecule has 2 unspecified atom stereocenters. The van der Waals surface area contributed by atoms with Crippen LogP contribution in [0.5, 0.6) is 0 Å². The summed E-state index contributed by atoms with van der Waals surface area (Å²) in [5.74, 6) is 1.41. The van der Waals surface area contributed by atoms with Crippen LogP contribution in [0.1, 0.15) is 19.3 Å². The molecule has 0 aromatic carbocycles. The number of hydrogen-bond acceptors (Lipinski definition) is 4. The topological polar surface area (TPSA) is 47.7 Å². The zero-order valence-corrected chi connectivity index (χ0v) is 11.2. The maximum absolute atomic E-state index is 6.08. The fourth-order valence-electron chi connectivity index (χ4n) is 3.30. The van der Waals surface area contributed by atoms with Crippen LogP contribution in [0.4, 0.5) is 0 Å². The highest BCUT2D eigenvalue weighted by molar-refractivity contribution is 5.05. The number of nitrogens with zero attached hydrogens (tertiary/aromatic N) is 1. The number of likely N-dealkylation sites (tertiary alicyclic amines) is 1. The largest absolute Gasteiger partial charge is 0.384 e. The number of methoxy groups -OCH3 is 2. The van der Waals surface area contributed by atoms with Gasteiger partial charge in [-0.25, -0.2) is 0 Å². The van der Waals surface area contributed by atoms with Crippen LogP contribution >= 0.6 is 0 Å². The molecule has 0 radical (unpaired) electrons. The van der Waals surface area contributed by atoms with Gasteiger partial charge in [-0.15, -0.1) is 0 Å². The minimum Gasteiger partial charge on any atom is -0.384 e. The second kappa shape index (κ2) is 5.65. The lowest BCUT2D eigenvalue weighted by atomic mass is 9.92. The Kier molecular flexibility index (Phi) is 4.42. The molecule has 2 N–H and O–H groups in total. The third-order valence-corrected chi connectivity index (χ3v) is 4.40. The molecule has 1 aliphatic carbocycles. The monoisotopic (exact) mass is 242 g/mol. The standard InChI is InChI=1S/C13H26N2O2/c1-16-8-11-5-6-15(7-11)13(9-14,10-17-2)12-3-4-12/h11-12H,3-10,14H2,1-2H3. The molecule has 4 nitrogen and oxygen atoms in total. The molecule has 2 fully saturated rings. The van der Waals surface area contributed by atoms with Crippen molar-refractivity contribution >= 4 is 0 Å². The normalized spacial score (nSPS) is 29.5. The van der Waals surface area contributed by atoms with Crippen molar-refractivity contribution in [3.63, 3.8) is 0 Å². The van der Waals surface area contributed by atoms with Crippen molar-refractivity contribution < 1.29 is 9.47 Å². The summed E-state index contributed by atoms with van der Waals surface area (Å²) in [4.78, 5) is 2.57. The predicted octanol–water partition coefficient (Wildman–Crippen LogP) is 0.709. The van der Waals surface area contributed by atoms with Gasteiger partial charge in [0.15, 0.2) is 0 Å². The Morgan fingerprint density at radius 1 is 1.24 bits per heavy atom. The average molecular weight is 242 g/mol. The predicted molar refractivity (Wildman–Crippen MR) is 67.9 cm³/mol. The summed E-state index contributed by atoms with van der Waals surface area (Å²) >= 11 is 0. The molecule has 0 bridgehead atoms. The van der Waals surface area contributed by atoms with Gasteiger partial charge in [0.05, 0.1) is 18.8 Å². The van der Waals surface area contributed by atoms with E-state index in [0.29, 0.717) is 12.5 Å². The molecule has 1 saturated heterocycles. The van der Waals surface area contributed by atoms with Crippen molar-refractivity contribution in [3.8, 4) is 0 Å². The van der Waals surface area contributed by atoms with Gasteiger partial charge in [0.1, 0.15) is 0 Å². The lowest BCUT2D eigenvalue weighted by Crippen LogP contribution is -2.58. The molecular weight excluding hydrogens is 216 g/mol. The van der Waals surface area contributed by atoms with Crippen LogP contribution in [0, 0.1) is 11.8 Å². The number of nitrogens with two attached hydrogens (primary N) is 1. The van der Waals surface area contributed by atoms with Gasteiger partial charge in [-0.3, -0.25) is 4.90 Å². The first-order valence-corrected chi connectivity index (χ1v) is 6.70. The molecule has 0 spiro atoms. The lowest BCUT2D eigenvalue weighted by Gasteiger charge is -2.41. The molecule has 1 heterocycles. The number of rotatable bonds is 7. The third kappa shape index (κ3) is 2.65. The Bertz CT molecular complexity index is 246. The Labute approximate surface area is 104 Å². The van der Waals surface area contributed by atoms with E-state index in [1.807, 2.05) is 0 Å². The van der Waals surface area contributed by atoms with Crippen molar-refractivity contribution in [3.05, 3.63) is 0 Å². The highest BCUT2D eigenvalue weighted by atomic mass is 16.5. The highest BCUT2D eigenvalue weighted by Gasteiger charge is 2.50. The van der Waals surface area contributed by atoms with E-state index in [4.69, 9.17) is 15.2 Å². The van der Waals surface area contributed by atoms with Gasteiger partial charge in [0.25, 0.3) is 0 Å². The molecule has 1 saturated carbocycles. The molecule has 1 aliphatic heterocycles. The second-order valence-corrected chi connectivity index (χ2v) is 5.57. The summed E-state index contributed by atoms with van der Waals surface area (Å²) < 4.78 is 10.7. The molecule has 0 aromatic heterocycles. The van der Waals surface area contributed by atoms with Gasteiger partial charge in [0.2, 0.25) is 0 Å². The quantitative estimate of drug-likeness (QED) is 0.714. The maximum atomic E-state index is 6.08. The van der Waals surface area contributed by atoms with Gasteiger partial charge in [-0.05, 0) is 37.6 Å². The van der Waals surface area contributed by atoms with Gasteiger partial charge in [-0.2, -0.15) is 0 Å². The van der Waals surface area contributed by atoms with Crippen LogP contribution in [-0.4, -0.2) is 57.5 Å². The Hall–Kier alpha value is -0.160. The van der Waals surface area contributed by atoms with Gasteiger partial charge < -0.3 is 15.2 Å². The molecule has 4 heteroatoms. The van der Waals surface area contributed by atoms with Gasteiger partial charge in [-0.1, -0.05) is 0 Å². The molecule has 100 valence electrons. The minimum atomic E-state index is 0.0945. The summed E-state index contributed by atoms with van der Waals surface area (Å²) in [7, 11) is 3.57. The number of ether oxygens (including phenoxy) is 2. The molecule has 0 aromatic rings. The summed E-state index contributed by atoms with van der Waals surface area (Å²) in [6.07, 6.45) is 3.85. The molecule has 2 aliphatic rings. The van der Waals surface area contributed by atoms with E-state index in [1.165, 1.54) is 19.3 Å². The minimum absolute atomic E-state index is 0.0945. The van der Waals surface area contributed by atoms with E-state index in [0.717, 1.165) is 32.2 Å². The molecule has 17 heavy (non-hydrogen) atoms. The van der Waals surface area contributed by atoms with E-state index in [1.54, 1.807) is 14.2 Å². The lowest BCUT2D eigenvalue weighted by molar-refractivity contribution is 0.00901. The molecule has 2 rings (SSSR count). The zero-order valence-electron chi connectivity index (χ0n) is 11.2. The fourth-order valence-corrected chi connectivity index (χ4v) is 3.30. The van der Waals surface area contributed by atoms with Crippen LogP contribution in [0.25, 0.3) is 0 Å². The van der Waals surface area contributed by atoms with Crippen LogP contribution in [0.2, 0.25) is 0 Å². The van der Waals surface area contributed by atoms with E-state index in [2.05, 4.69) is 4.90 Å². The average Bonchev–Trinajstić information content (AvgIpc) is 3.08. The summed E-state index contributed by atoms with van der Waals surface area (Å²) in [6, 6.07) is 0. The van der Waals surface area contributed by atoms with Crippen LogP contribution in [0.3, 0.4) is 0 Å². The SMILES string of the molecule is COCC1CCN(C(CN)(COC)C2CC2)C1. The first kappa shape index (κ1) is 13.3. The molecule has 0 amide bonds. The Morgan fingerprint density at radius 2 is 2.00 bits per heavy atom. The number of hydrogen-bond donors (Lipinski definition) is 1. The van der Waals surface area contributed by atoms with Crippen molar-refractivity contribution in [2.45, 2.75) is 24.8 Å². The van der Waals surface area contributed by atoms with E-state index >= 15 is 0 Å². The Balaban J connectivity index is 2.01. The second-order valence-electron chi connectivity index (χ2n) is 5.57. The van der Waals surface area contributed by atoms with Crippen LogP contribution < -0.4 is 5.73 Å². The summed E-state index contributed by atoms with van der Waals surface area (Å²) in [5.41, 5.74) is 6.18. The summed E-state index contributed by atoms with van der Waals surface area (Å²) in [5, 5.41) is 0.